The van der Waals surface area contributed by atoms with Gasteiger partial charge in [-0.3, -0.25) is 9.59 Å². The standard InChI is InChI=1S/C36H41N5O7/c1-36(2,3)47-34(44)37-21-11-10-16-29(39-35(45)46-24-27-14-8-5-9-15-27)31(42)32-40-30(48-41-32)22-25-17-19-28(20-18-25)33(43)38-23-26-12-6-4-7-13-26/h4-9,12-15,17-20,29H,10-11,16,21-24H2,1-3H3,(H,37,44)(H,38,43)(H,39,45). The number of carbonyl (C=O) groups is 4. The summed E-state index contributed by atoms with van der Waals surface area (Å²) in [4.78, 5) is 54.9. The molecule has 1 heterocycles. The number of hydrogen-bond donors (Lipinski definition) is 3. The van der Waals surface area contributed by atoms with Crippen molar-refractivity contribution in [1.82, 2.24) is 26.1 Å². The molecule has 252 valence electrons. The van der Waals surface area contributed by atoms with Gasteiger partial charge < -0.3 is 29.9 Å². The van der Waals surface area contributed by atoms with E-state index in [-0.39, 0.29) is 37.1 Å². The summed E-state index contributed by atoms with van der Waals surface area (Å²) in [6, 6.07) is 24.8. The van der Waals surface area contributed by atoms with Crippen molar-refractivity contribution in [2.45, 2.75) is 71.2 Å². The molecular weight excluding hydrogens is 614 g/mol. The van der Waals surface area contributed by atoms with Crippen LogP contribution in [0.3, 0.4) is 0 Å². The Hall–Kier alpha value is -5.52. The summed E-state index contributed by atoms with van der Waals surface area (Å²) in [5.41, 5.74) is 2.49. The van der Waals surface area contributed by atoms with Crippen molar-refractivity contribution in [2.75, 3.05) is 6.54 Å². The molecule has 0 bridgehead atoms. The second-order valence-corrected chi connectivity index (χ2v) is 12.1. The van der Waals surface area contributed by atoms with E-state index in [1.54, 1.807) is 45.0 Å². The zero-order valence-electron chi connectivity index (χ0n) is 27.4. The molecule has 4 rings (SSSR count). The van der Waals surface area contributed by atoms with Crippen molar-refractivity contribution in [1.29, 1.82) is 0 Å². The first-order chi connectivity index (χ1) is 23.1. The van der Waals surface area contributed by atoms with E-state index in [0.717, 1.165) is 16.7 Å². The second kappa shape index (κ2) is 17.4. The monoisotopic (exact) mass is 655 g/mol. The highest BCUT2D eigenvalue weighted by Gasteiger charge is 2.27. The third-order valence-electron chi connectivity index (χ3n) is 6.96. The number of nitrogens with zero attached hydrogens (tertiary/aromatic N) is 2. The van der Waals surface area contributed by atoms with Gasteiger partial charge in [0.15, 0.2) is 0 Å². The molecule has 12 heteroatoms. The molecule has 4 aromatic rings. The van der Waals surface area contributed by atoms with E-state index in [2.05, 4.69) is 26.1 Å². The van der Waals surface area contributed by atoms with Crippen LogP contribution in [0.25, 0.3) is 0 Å². The average molecular weight is 656 g/mol. The Morgan fingerprint density at radius 3 is 2.12 bits per heavy atom. The number of amides is 3. The molecule has 0 aliphatic heterocycles. The number of unbranched alkanes of at least 4 members (excludes halogenated alkanes) is 1. The van der Waals surface area contributed by atoms with Crippen molar-refractivity contribution < 1.29 is 33.2 Å². The van der Waals surface area contributed by atoms with Gasteiger partial charge in [-0.1, -0.05) is 78.0 Å². The first-order valence-electron chi connectivity index (χ1n) is 15.8. The fourth-order valence-corrected chi connectivity index (χ4v) is 4.57. The number of aromatic nitrogens is 2. The molecule has 0 spiro atoms. The Bertz CT molecular complexity index is 1630. The van der Waals surface area contributed by atoms with Crippen molar-refractivity contribution in [3.8, 4) is 0 Å². The van der Waals surface area contributed by atoms with Crippen LogP contribution in [0.1, 0.15) is 83.6 Å². The van der Waals surface area contributed by atoms with Crippen molar-refractivity contribution in [3.63, 3.8) is 0 Å². The van der Waals surface area contributed by atoms with E-state index < -0.39 is 29.6 Å². The highest BCUT2D eigenvalue weighted by atomic mass is 16.6. The Morgan fingerprint density at radius 2 is 1.46 bits per heavy atom. The molecule has 0 aliphatic rings. The maximum atomic E-state index is 13.4. The summed E-state index contributed by atoms with van der Waals surface area (Å²) in [6.07, 6.45) is 0.203. The SMILES string of the molecule is CC(C)(C)OC(=O)NCCCCC(NC(=O)OCc1ccccc1)C(=O)c1noc(Cc2ccc(C(=O)NCc3ccccc3)cc2)n1. The minimum absolute atomic E-state index is 0.0349. The first-order valence-corrected chi connectivity index (χ1v) is 15.8. The normalized spacial score (nSPS) is 11.6. The third kappa shape index (κ3) is 12.0. The highest BCUT2D eigenvalue weighted by molar-refractivity contribution is 5.98. The molecule has 3 amide bonds. The molecule has 0 fully saturated rings. The van der Waals surface area contributed by atoms with Gasteiger partial charge in [0.1, 0.15) is 12.2 Å². The number of ether oxygens (including phenoxy) is 2. The number of nitrogens with one attached hydrogen (secondary N) is 3. The van der Waals surface area contributed by atoms with E-state index >= 15 is 0 Å². The van der Waals surface area contributed by atoms with Gasteiger partial charge in [-0.05, 0) is 68.9 Å². The lowest BCUT2D eigenvalue weighted by molar-refractivity contribution is 0.0526. The quantitative estimate of drug-likeness (QED) is 0.107. The van der Waals surface area contributed by atoms with E-state index in [1.165, 1.54) is 0 Å². The largest absolute Gasteiger partial charge is 0.445 e. The summed E-state index contributed by atoms with van der Waals surface area (Å²) in [7, 11) is 0. The van der Waals surface area contributed by atoms with E-state index in [1.807, 2.05) is 60.7 Å². The minimum atomic E-state index is -0.992. The molecule has 12 nitrogen and oxygen atoms in total. The van der Waals surface area contributed by atoms with E-state index in [4.69, 9.17) is 14.0 Å². The third-order valence-corrected chi connectivity index (χ3v) is 6.96. The van der Waals surface area contributed by atoms with Crippen LogP contribution in [0, 0.1) is 0 Å². The average Bonchev–Trinajstić information content (AvgIpc) is 3.54. The number of rotatable bonds is 15. The lowest BCUT2D eigenvalue weighted by Crippen LogP contribution is -2.41. The molecule has 3 aromatic carbocycles. The Balaban J connectivity index is 1.32. The smallest absolute Gasteiger partial charge is 0.408 e. The Morgan fingerprint density at radius 1 is 0.792 bits per heavy atom. The summed E-state index contributed by atoms with van der Waals surface area (Å²) < 4.78 is 15.9. The van der Waals surface area contributed by atoms with Crippen LogP contribution in [0.4, 0.5) is 9.59 Å². The number of Topliss-reactive ketones (excluding diaryl/α,β-unsaturated/α-hetero) is 1. The molecule has 1 aromatic heterocycles. The topological polar surface area (TPSA) is 162 Å². The highest BCUT2D eigenvalue weighted by Crippen LogP contribution is 2.14. The van der Waals surface area contributed by atoms with Crippen LogP contribution >= 0.6 is 0 Å². The van der Waals surface area contributed by atoms with Gasteiger partial charge in [0, 0.05) is 18.7 Å². The Kier molecular flexibility index (Phi) is 12.8. The van der Waals surface area contributed by atoms with E-state index in [9.17, 15) is 19.2 Å². The predicted octanol–water partition coefficient (Wildman–Crippen LogP) is 5.76. The maximum absolute atomic E-state index is 13.4. The van der Waals surface area contributed by atoms with Crippen LogP contribution < -0.4 is 16.0 Å². The summed E-state index contributed by atoms with van der Waals surface area (Å²) in [5, 5.41) is 12.1. The number of ketones is 1. The van der Waals surface area contributed by atoms with Gasteiger partial charge in [-0.25, -0.2) is 9.59 Å². The van der Waals surface area contributed by atoms with Crippen LogP contribution in [0.5, 0.6) is 0 Å². The number of benzene rings is 3. The molecule has 0 radical (unpaired) electrons. The molecule has 3 N–H and O–H groups in total. The first kappa shape index (κ1) is 35.3. The van der Waals surface area contributed by atoms with Crippen molar-refractivity contribution in [2.24, 2.45) is 0 Å². The molecule has 1 atom stereocenters. The summed E-state index contributed by atoms with van der Waals surface area (Å²) in [5.74, 6) is -0.710. The Labute approximate surface area is 279 Å². The fourth-order valence-electron chi connectivity index (χ4n) is 4.57. The zero-order chi connectivity index (χ0) is 34.4. The number of hydrogen-bond acceptors (Lipinski definition) is 9. The summed E-state index contributed by atoms with van der Waals surface area (Å²) in [6.45, 7) is 6.11. The minimum Gasteiger partial charge on any atom is -0.445 e. The van der Waals surface area contributed by atoms with Crippen LogP contribution in [0.2, 0.25) is 0 Å². The molecule has 0 saturated carbocycles. The van der Waals surface area contributed by atoms with Crippen molar-refractivity contribution in [3.05, 3.63) is 119 Å². The van der Waals surface area contributed by atoms with E-state index in [0.29, 0.717) is 31.5 Å². The molecular formula is C36H41N5O7. The number of alkyl carbamates (subject to hydrolysis) is 2. The predicted molar refractivity (Wildman–Crippen MR) is 177 cm³/mol. The summed E-state index contributed by atoms with van der Waals surface area (Å²) >= 11 is 0. The van der Waals surface area contributed by atoms with Crippen LogP contribution in [-0.4, -0.2) is 52.2 Å². The maximum Gasteiger partial charge on any atom is 0.408 e. The van der Waals surface area contributed by atoms with Crippen molar-refractivity contribution >= 4 is 23.9 Å². The van der Waals surface area contributed by atoms with Gasteiger partial charge >= 0.3 is 12.2 Å². The zero-order valence-corrected chi connectivity index (χ0v) is 27.4. The molecule has 48 heavy (non-hydrogen) atoms. The van der Waals surface area contributed by atoms with Crippen LogP contribution in [0.15, 0.2) is 89.5 Å². The molecule has 1 unspecified atom stereocenters. The van der Waals surface area contributed by atoms with Gasteiger partial charge in [0.25, 0.3) is 5.91 Å². The lowest BCUT2D eigenvalue weighted by Gasteiger charge is -2.20. The second-order valence-electron chi connectivity index (χ2n) is 12.1. The lowest BCUT2D eigenvalue weighted by atomic mass is 10.0. The fraction of sp³-hybridized carbons (Fsp3) is 0.333. The van der Waals surface area contributed by atoms with Gasteiger partial charge in [-0.15, -0.1) is 0 Å². The van der Waals surface area contributed by atoms with Gasteiger partial charge in [0.05, 0.1) is 12.5 Å². The van der Waals surface area contributed by atoms with Gasteiger partial charge in [0.2, 0.25) is 17.5 Å². The molecule has 0 saturated heterocycles. The van der Waals surface area contributed by atoms with Gasteiger partial charge in [-0.2, -0.15) is 4.98 Å². The van der Waals surface area contributed by atoms with Crippen LogP contribution in [-0.2, 0) is 29.0 Å². The molecule has 0 aliphatic carbocycles. The number of carbonyl (C=O) groups excluding carboxylic acids is 4.